The molecule has 5 nitrogen and oxygen atoms in total. The molecule has 2 heterocycles. The number of anilines is 1. The second-order valence-electron chi connectivity index (χ2n) is 4.25. The van der Waals surface area contributed by atoms with Gasteiger partial charge in [-0.1, -0.05) is 6.07 Å². The number of halogens is 1. The molecule has 0 unspecified atom stereocenters. The summed E-state index contributed by atoms with van der Waals surface area (Å²) in [6.45, 7) is 2.36. The molecule has 0 aliphatic heterocycles. The fourth-order valence-corrected chi connectivity index (χ4v) is 2.11. The third-order valence-corrected chi connectivity index (χ3v) is 3.30. The van der Waals surface area contributed by atoms with E-state index >= 15 is 0 Å². The number of nitrogens with one attached hydrogen (secondary N) is 2. The topological polar surface area (TPSA) is 66.9 Å². The van der Waals surface area contributed by atoms with Crippen LogP contribution in [0.1, 0.15) is 21.6 Å². The van der Waals surface area contributed by atoms with Gasteiger partial charge in [-0.15, -0.1) is 0 Å². The summed E-state index contributed by atoms with van der Waals surface area (Å²) in [6.07, 6.45) is 3.36. The van der Waals surface area contributed by atoms with E-state index in [9.17, 15) is 4.79 Å². The highest BCUT2D eigenvalue weighted by Gasteiger charge is 2.13. The lowest BCUT2D eigenvalue weighted by molar-refractivity contribution is 0.0951. The van der Waals surface area contributed by atoms with Gasteiger partial charge in [-0.3, -0.25) is 9.78 Å². The van der Waals surface area contributed by atoms with Gasteiger partial charge in [0.1, 0.15) is 5.82 Å². The second-order valence-corrected chi connectivity index (χ2v) is 5.17. The highest BCUT2D eigenvalue weighted by Crippen LogP contribution is 2.17. The molecule has 0 atom stereocenters. The molecule has 0 aliphatic rings. The molecule has 20 heavy (non-hydrogen) atoms. The van der Waals surface area contributed by atoms with Crippen molar-refractivity contribution in [1.29, 1.82) is 0 Å². The summed E-state index contributed by atoms with van der Waals surface area (Å²) < 4.78 is 0.760. The van der Waals surface area contributed by atoms with Crippen molar-refractivity contribution in [2.45, 2.75) is 13.5 Å². The van der Waals surface area contributed by atoms with Gasteiger partial charge >= 0.3 is 0 Å². The van der Waals surface area contributed by atoms with Crippen molar-refractivity contribution in [2.75, 3.05) is 12.4 Å². The van der Waals surface area contributed by atoms with Crippen molar-refractivity contribution >= 4 is 27.7 Å². The van der Waals surface area contributed by atoms with E-state index < -0.39 is 0 Å². The Kier molecular flexibility index (Phi) is 4.68. The minimum atomic E-state index is -0.187. The Hall–Kier alpha value is -1.95. The fraction of sp³-hybridized carbons (Fsp3) is 0.214. The largest absolute Gasteiger partial charge is 0.372 e. The van der Waals surface area contributed by atoms with Crippen molar-refractivity contribution in [3.63, 3.8) is 0 Å². The summed E-state index contributed by atoms with van der Waals surface area (Å²) in [6, 6.07) is 5.58. The normalized spacial score (nSPS) is 10.2. The lowest BCUT2D eigenvalue weighted by Crippen LogP contribution is -2.25. The van der Waals surface area contributed by atoms with E-state index in [1.54, 1.807) is 25.5 Å². The van der Waals surface area contributed by atoms with Gasteiger partial charge in [0.05, 0.1) is 17.8 Å². The highest BCUT2D eigenvalue weighted by atomic mass is 79.9. The van der Waals surface area contributed by atoms with E-state index in [1.807, 2.05) is 19.1 Å². The number of hydrogen-bond acceptors (Lipinski definition) is 4. The molecule has 0 saturated heterocycles. The van der Waals surface area contributed by atoms with E-state index in [0.29, 0.717) is 17.9 Å². The quantitative estimate of drug-likeness (QED) is 0.901. The molecule has 2 aromatic rings. The number of nitrogens with zero attached hydrogens (tertiary/aromatic N) is 2. The molecule has 0 spiro atoms. The smallest absolute Gasteiger partial charge is 0.255 e. The molecule has 2 N–H and O–H groups in total. The maximum Gasteiger partial charge on any atom is 0.255 e. The van der Waals surface area contributed by atoms with Crippen molar-refractivity contribution in [3.05, 3.63) is 51.9 Å². The Labute approximate surface area is 126 Å². The van der Waals surface area contributed by atoms with Gasteiger partial charge in [0.2, 0.25) is 0 Å². The van der Waals surface area contributed by atoms with Crippen LogP contribution in [-0.2, 0) is 6.54 Å². The molecule has 6 heteroatoms. The standard InChI is InChI=1S/C14H15BrN4O/c1-9-4-3-5-17-12(9)8-19-14(20)11-6-10(15)7-18-13(11)16-2/h3-7H,8H2,1-2H3,(H,16,18)(H,19,20). The molecule has 0 bridgehead atoms. The van der Waals surface area contributed by atoms with Gasteiger partial charge in [0, 0.05) is 23.9 Å². The van der Waals surface area contributed by atoms with E-state index in [2.05, 4.69) is 36.5 Å². The number of carbonyl (C=O) groups excluding carboxylic acids is 1. The van der Waals surface area contributed by atoms with Crippen LogP contribution in [0.5, 0.6) is 0 Å². The van der Waals surface area contributed by atoms with Crippen LogP contribution in [0.25, 0.3) is 0 Å². The van der Waals surface area contributed by atoms with Gasteiger partial charge < -0.3 is 10.6 Å². The van der Waals surface area contributed by atoms with Crippen molar-refractivity contribution < 1.29 is 4.79 Å². The fourth-order valence-electron chi connectivity index (χ4n) is 1.77. The summed E-state index contributed by atoms with van der Waals surface area (Å²) >= 11 is 3.32. The van der Waals surface area contributed by atoms with Crippen LogP contribution in [0.2, 0.25) is 0 Å². The molecule has 1 amide bonds. The minimum absolute atomic E-state index is 0.187. The van der Waals surface area contributed by atoms with Gasteiger partial charge in [-0.2, -0.15) is 0 Å². The zero-order valence-corrected chi connectivity index (χ0v) is 12.9. The van der Waals surface area contributed by atoms with Crippen LogP contribution in [0.4, 0.5) is 5.82 Å². The van der Waals surface area contributed by atoms with E-state index in [-0.39, 0.29) is 5.91 Å². The molecule has 2 aromatic heterocycles. The molecular weight excluding hydrogens is 320 g/mol. The number of hydrogen-bond donors (Lipinski definition) is 2. The van der Waals surface area contributed by atoms with Crippen LogP contribution in [0.3, 0.4) is 0 Å². The number of aromatic nitrogens is 2. The number of carbonyl (C=O) groups is 1. The Bertz CT molecular complexity index is 630. The molecular formula is C14H15BrN4O. The number of amides is 1. The number of aryl methyl sites for hydroxylation is 1. The molecule has 0 radical (unpaired) electrons. The summed E-state index contributed by atoms with van der Waals surface area (Å²) in [5.74, 6) is 0.358. The van der Waals surface area contributed by atoms with Gasteiger partial charge in [-0.25, -0.2) is 4.98 Å². The average molecular weight is 335 g/mol. The maximum absolute atomic E-state index is 12.2. The van der Waals surface area contributed by atoms with E-state index in [1.165, 1.54) is 0 Å². The minimum Gasteiger partial charge on any atom is -0.372 e. The molecule has 0 saturated carbocycles. The van der Waals surface area contributed by atoms with Gasteiger partial charge in [-0.05, 0) is 40.5 Å². The number of rotatable bonds is 4. The monoisotopic (exact) mass is 334 g/mol. The summed E-state index contributed by atoms with van der Waals surface area (Å²) in [5, 5.41) is 5.76. The van der Waals surface area contributed by atoms with Crippen LogP contribution in [0.15, 0.2) is 35.1 Å². The van der Waals surface area contributed by atoms with Crippen LogP contribution >= 0.6 is 15.9 Å². The summed E-state index contributed by atoms with van der Waals surface area (Å²) in [7, 11) is 1.73. The SMILES string of the molecule is CNc1ncc(Br)cc1C(=O)NCc1ncccc1C. The molecule has 0 aromatic carbocycles. The predicted octanol–water partition coefficient (Wildman–Crippen LogP) is 2.52. The average Bonchev–Trinajstić information content (AvgIpc) is 2.46. The van der Waals surface area contributed by atoms with E-state index in [4.69, 9.17) is 0 Å². The highest BCUT2D eigenvalue weighted by molar-refractivity contribution is 9.10. The first kappa shape index (κ1) is 14.5. The Morgan fingerprint density at radius 1 is 1.40 bits per heavy atom. The Balaban J connectivity index is 2.13. The molecule has 2 rings (SSSR count). The van der Waals surface area contributed by atoms with Gasteiger partial charge in [0.25, 0.3) is 5.91 Å². The zero-order valence-electron chi connectivity index (χ0n) is 11.3. The third-order valence-electron chi connectivity index (χ3n) is 2.87. The first-order chi connectivity index (χ1) is 9.61. The molecule has 0 aliphatic carbocycles. The Morgan fingerprint density at radius 2 is 2.20 bits per heavy atom. The lowest BCUT2D eigenvalue weighted by Gasteiger charge is -2.10. The van der Waals surface area contributed by atoms with Crippen LogP contribution in [-0.4, -0.2) is 22.9 Å². The van der Waals surface area contributed by atoms with Crippen molar-refractivity contribution in [2.24, 2.45) is 0 Å². The van der Waals surface area contributed by atoms with Crippen LogP contribution in [0, 0.1) is 6.92 Å². The molecule has 104 valence electrons. The summed E-state index contributed by atoms with van der Waals surface area (Å²) in [5.41, 5.74) is 2.40. The van der Waals surface area contributed by atoms with E-state index in [0.717, 1.165) is 15.7 Å². The summed E-state index contributed by atoms with van der Waals surface area (Å²) in [4.78, 5) is 20.6. The zero-order chi connectivity index (χ0) is 14.5. The van der Waals surface area contributed by atoms with Crippen molar-refractivity contribution in [1.82, 2.24) is 15.3 Å². The molecule has 0 fully saturated rings. The maximum atomic E-state index is 12.2. The van der Waals surface area contributed by atoms with Crippen molar-refractivity contribution in [3.8, 4) is 0 Å². The lowest BCUT2D eigenvalue weighted by atomic mass is 10.2. The third kappa shape index (κ3) is 3.33. The first-order valence-corrected chi connectivity index (χ1v) is 6.93. The van der Waals surface area contributed by atoms with Crippen LogP contribution < -0.4 is 10.6 Å². The number of pyridine rings is 2. The predicted molar refractivity (Wildman–Crippen MR) is 81.6 cm³/mol. The first-order valence-electron chi connectivity index (χ1n) is 6.14. The Morgan fingerprint density at radius 3 is 2.90 bits per heavy atom. The van der Waals surface area contributed by atoms with Gasteiger partial charge in [0.15, 0.2) is 0 Å². The second kappa shape index (κ2) is 6.47.